The molecule has 1 aliphatic rings. The average Bonchev–Trinajstić information content (AvgIpc) is 2.69. The van der Waals surface area contributed by atoms with Crippen molar-refractivity contribution >= 4 is 5.69 Å². The first-order valence-electron chi connectivity index (χ1n) is 9.06. The van der Waals surface area contributed by atoms with Crippen molar-refractivity contribution < 1.29 is 24.2 Å². The number of quaternary nitrogens is 2. The van der Waals surface area contributed by atoms with Crippen molar-refractivity contribution in [3.8, 4) is 11.5 Å². The zero-order valence-electron chi connectivity index (χ0n) is 15.7. The molecular weight excluding hydrogens is 348 g/mol. The van der Waals surface area contributed by atoms with Crippen LogP contribution in [-0.2, 0) is 13.1 Å². The SMILES string of the molecule is COc1cc(C[NH+]2CC[NH+](Cc3cccnc3)CC2)c([N+](=O)[O-])cc1OC. The highest BCUT2D eigenvalue weighted by Gasteiger charge is 2.27. The van der Waals surface area contributed by atoms with E-state index in [1.165, 1.54) is 28.5 Å². The van der Waals surface area contributed by atoms with E-state index in [9.17, 15) is 10.1 Å². The van der Waals surface area contributed by atoms with E-state index in [1.807, 2.05) is 12.3 Å². The topological polar surface area (TPSA) is 83.4 Å². The molecule has 1 aromatic heterocycles. The Morgan fingerprint density at radius 3 is 2.26 bits per heavy atom. The molecule has 27 heavy (non-hydrogen) atoms. The van der Waals surface area contributed by atoms with Crippen molar-refractivity contribution in [3.05, 3.63) is 57.9 Å². The lowest BCUT2D eigenvalue weighted by Gasteiger charge is -2.29. The fourth-order valence-corrected chi connectivity index (χ4v) is 3.59. The standard InChI is InChI=1S/C19H24N4O4/c1-26-18-10-16(17(23(24)25)11-19(18)27-2)14-22-8-6-21(7-9-22)13-15-4-3-5-20-12-15/h3-5,10-12H,6-9,13-14H2,1-2H3/p+2. The van der Waals surface area contributed by atoms with Gasteiger partial charge >= 0.3 is 0 Å². The van der Waals surface area contributed by atoms with Crippen molar-refractivity contribution in [1.82, 2.24) is 4.98 Å². The van der Waals surface area contributed by atoms with Gasteiger partial charge in [0.25, 0.3) is 5.69 Å². The van der Waals surface area contributed by atoms with E-state index in [-0.39, 0.29) is 10.6 Å². The number of hydrogen-bond donors (Lipinski definition) is 2. The summed E-state index contributed by atoms with van der Waals surface area (Å²) in [6.07, 6.45) is 3.70. The summed E-state index contributed by atoms with van der Waals surface area (Å²) in [6, 6.07) is 7.26. The molecule has 1 fully saturated rings. The lowest BCUT2D eigenvalue weighted by Crippen LogP contribution is -3.27. The van der Waals surface area contributed by atoms with E-state index in [4.69, 9.17) is 9.47 Å². The van der Waals surface area contributed by atoms with Crippen LogP contribution < -0.4 is 19.3 Å². The van der Waals surface area contributed by atoms with E-state index >= 15 is 0 Å². The van der Waals surface area contributed by atoms with Crippen LogP contribution in [0.1, 0.15) is 11.1 Å². The van der Waals surface area contributed by atoms with Crippen LogP contribution in [0.2, 0.25) is 0 Å². The second kappa shape index (κ2) is 8.79. The van der Waals surface area contributed by atoms with Gasteiger partial charge in [0.2, 0.25) is 0 Å². The minimum absolute atomic E-state index is 0.0882. The van der Waals surface area contributed by atoms with Crippen molar-refractivity contribution in [2.24, 2.45) is 0 Å². The summed E-state index contributed by atoms with van der Waals surface area (Å²) in [5.74, 6) is 0.909. The second-order valence-corrected chi connectivity index (χ2v) is 6.81. The van der Waals surface area contributed by atoms with Gasteiger partial charge in [-0.3, -0.25) is 15.1 Å². The highest BCUT2D eigenvalue weighted by molar-refractivity contribution is 5.54. The molecule has 2 N–H and O–H groups in total. The quantitative estimate of drug-likeness (QED) is 0.504. The summed E-state index contributed by atoms with van der Waals surface area (Å²) < 4.78 is 10.5. The van der Waals surface area contributed by atoms with Crippen molar-refractivity contribution in [2.75, 3.05) is 40.4 Å². The van der Waals surface area contributed by atoms with Crippen LogP contribution in [0.4, 0.5) is 5.69 Å². The summed E-state index contributed by atoms with van der Waals surface area (Å²) in [5, 5.41) is 11.5. The number of benzene rings is 1. The van der Waals surface area contributed by atoms with E-state index in [0.717, 1.165) is 32.7 Å². The smallest absolute Gasteiger partial charge is 0.282 e. The van der Waals surface area contributed by atoms with Crippen LogP contribution >= 0.6 is 0 Å². The molecular formula is C19H26N4O4+2. The molecule has 0 aliphatic carbocycles. The molecule has 3 rings (SSSR count). The normalized spacial score (nSPS) is 19.5. The Kier molecular flexibility index (Phi) is 6.20. The molecule has 0 bridgehead atoms. The van der Waals surface area contributed by atoms with Gasteiger partial charge in [0.05, 0.1) is 30.8 Å². The van der Waals surface area contributed by atoms with Gasteiger partial charge in [-0.25, -0.2) is 0 Å². The Labute approximate surface area is 158 Å². The molecule has 8 heteroatoms. The molecule has 1 saturated heterocycles. The zero-order chi connectivity index (χ0) is 19.2. The molecule has 1 aromatic carbocycles. The minimum atomic E-state index is -0.347. The Bertz CT molecular complexity index is 777. The van der Waals surface area contributed by atoms with Crippen LogP contribution in [0.15, 0.2) is 36.7 Å². The number of pyridine rings is 1. The molecule has 0 amide bonds. The summed E-state index contributed by atoms with van der Waals surface area (Å²) in [7, 11) is 3.03. The average molecular weight is 374 g/mol. The van der Waals surface area contributed by atoms with Crippen molar-refractivity contribution in [3.63, 3.8) is 0 Å². The number of aromatic nitrogens is 1. The number of nitrogens with zero attached hydrogens (tertiary/aromatic N) is 2. The number of piperazine rings is 1. The molecule has 0 saturated carbocycles. The summed E-state index contributed by atoms with van der Waals surface area (Å²) >= 11 is 0. The Hall–Kier alpha value is -2.71. The fraction of sp³-hybridized carbons (Fsp3) is 0.421. The Morgan fingerprint density at radius 1 is 1.07 bits per heavy atom. The number of nitro benzene ring substituents is 1. The van der Waals surface area contributed by atoms with Crippen LogP contribution in [0.25, 0.3) is 0 Å². The lowest BCUT2D eigenvalue weighted by atomic mass is 10.1. The highest BCUT2D eigenvalue weighted by atomic mass is 16.6. The number of hydrogen-bond acceptors (Lipinski definition) is 5. The molecule has 0 spiro atoms. The van der Waals surface area contributed by atoms with E-state index < -0.39 is 0 Å². The van der Waals surface area contributed by atoms with E-state index in [1.54, 1.807) is 19.4 Å². The predicted molar refractivity (Wildman–Crippen MR) is 99.2 cm³/mol. The van der Waals surface area contributed by atoms with Crippen LogP contribution in [0.5, 0.6) is 11.5 Å². The molecule has 2 heterocycles. The predicted octanol–water partition coefficient (Wildman–Crippen LogP) is -0.509. The Morgan fingerprint density at radius 2 is 1.70 bits per heavy atom. The fourth-order valence-electron chi connectivity index (χ4n) is 3.59. The summed E-state index contributed by atoms with van der Waals surface area (Å²) in [4.78, 5) is 18.2. The van der Waals surface area contributed by atoms with Crippen LogP contribution in [0, 0.1) is 10.1 Å². The number of rotatable bonds is 7. The van der Waals surface area contributed by atoms with Crippen LogP contribution in [0.3, 0.4) is 0 Å². The maximum absolute atomic E-state index is 11.5. The molecule has 0 unspecified atom stereocenters. The number of methoxy groups -OCH3 is 2. The largest absolute Gasteiger partial charge is 0.493 e. The van der Waals surface area contributed by atoms with Gasteiger partial charge in [0.15, 0.2) is 11.5 Å². The van der Waals surface area contributed by atoms with Crippen LogP contribution in [-0.4, -0.2) is 50.3 Å². The van der Waals surface area contributed by atoms with Gasteiger partial charge in [-0.15, -0.1) is 0 Å². The monoisotopic (exact) mass is 374 g/mol. The summed E-state index contributed by atoms with van der Waals surface area (Å²) in [5.41, 5.74) is 2.01. The van der Waals surface area contributed by atoms with Gasteiger partial charge < -0.3 is 19.3 Å². The van der Waals surface area contributed by atoms with Gasteiger partial charge in [0.1, 0.15) is 39.3 Å². The van der Waals surface area contributed by atoms with Gasteiger partial charge in [-0.1, -0.05) is 6.07 Å². The Balaban J connectivity index is 1.65. The number of nitrogens with one attached hydrogen (secondary N) is 2. The third-order valence-electron chi connectivity index (χ3n) is 5.06. The molecule has 8 nitrogen and oxygen atoms in total. The lowest BCUT2D eigenvalue weighted by molar-refractivity contribution is -1.02. The maximum Gasteiger partial charge on any atom is 0.282 e. The molecule has 1 aliphatic heterocycles. The third kappa shape index (κ3) is 4.72. The molecule has 0 atom stereocenters. The first kappa shape index (κ1) is 19.1. The summed E-state index contributed by atoms with van der Waals surface area (Å²) in [6.45, 7) is 5.59. The van der Waals surface area contributed by atoms with E-state index in [2.05, 4.69) is 11.1 Å². The van der Waals surface area contributed by atoms with Crippen molar-refractivity contribution in [2.45, 2.75) is 13.1 Å². The molecule has 0 radical (unpaired) electrons. The first-order chi connectivity index (χ1) is 13.1. The van der Waals surface area contributed by atoms with Gasteiger partial charge in [-0.2, -0.15) is 0 Å². The molecule has 144 valence electrons. The van der Waals surface area contributed by atoms with Crippen molar-refractivity contribution in [1.29, 1.82) is 0 Å². The number of nitro groups is 1. The minimum Gasteiger partial charge on any atom is -0.493 e. The van der Waals surface area contributed by atoms with E-state index in [0.29, 0.717) is 23.6 Å². The first-order valence-corrected chi connectivity index (χ1v) is 9.06. The van der Waals surface area contributed by atoms with Gasteiger partial charge in [0, 0.05) is 18.0 Å². The molecule has 2 aromatic rings. The zero-order valence-corrected chi connectivity index (χ0v) is 15.7. The number of ether oxygens (including phenoxy) is 2. The van der Waals surface area contributed by atoms with Gasteiger partial charge in [-0.05, 0) is 12.1 Å². The maximum atomic E-state index is 11.5. The highest BCUT2D eigenvalue weighted by Crippen LogP contribution is 2.34. The third-order valence-corrected chi connectivity index (χ3v) is 5.06. The second-order valence-electron chi connectivity index (χ2n) is 6.81.